The first-order chi connectivity index (χ1) is 9.90. The molecule has 3 unspecified atom stereocenters. The van der Waals surface area contributed by atoms with Gasteiger partial charge in [-0.25, -0.2) is 0 Å². The molecule has 0 amide bonds. The molecule has 0 bridgehead atoms. The molecule has 0 aromatic rings. The van der Waals surface area contributed by atoms with Gasteiger partial charge in [0.05, 0.1) is 6.61 Å². The molecule has 0 spiro atoms. The molecule has 2 aliphatic rings. The highest BCUT2D eigenvalue weighted by Gasteiger charge is 2.41. The second-order valence-electron chi connectivity index (χ2n) is 8.46. The number of hydrogen-bond acceptors (Lipinski definition) is 3. The smallest absolute Gasteiger partial charge is 0.0613 e. The van der Waals surface area contributed by atoms with E-state index in [0.717, 1.165) is 31.7 Å². The summed E-state index contributed by atoms with van der Waals surface area (Å²) in [5.41, 5.74) is 0.413. The summed E-state index contributed by atoms with van der Waals surface area (Å²) in [6.45, 7) is 13.2. The molecule has 21 heavy (non-hydrogen) atoms. The Morgan fingerprint density at radius 2 is 2.05 bits per heavy atom. The van der Waals surface area contributed by atoms with Crippen molar-refractivity contribution in [2.45, 2.75) is 77.8 Å². The van der Waals surface area contributed by atoms with Gasteiger partial charge in [-0.05, 0) is 62.9 Å². The van der Waals surface area contributed by atoms with Crippen molar-refractivity contribution in [3.05, 3.63) is 0 Å². The normalized spacial score (nSPS) is 35.3. The highest BCUT2D eigenvalue weighted by atomic mass is 16.3. The Bertz CT molecular complexity index is 326. The van der Waals surface area contributed by atoms with E-state index >= 15 is 0 Å². The Morgan fingerprint density at radius 1 is 1.29 bits per heavy atom. The van der Waals surface area contributed by atoms with Crippen molar-refractivity contribution in [2.75, 3.05) is 26.2 Å². The zero-order valence-corrected chi connectivity index (χ0v) is 14.6. The molecule has 1 saturated carbocycles. The van der Waals surface area contributed by atoms with E-state index in [1.165, 1.54) is 32.4 Å². The zero-order chi connectivity index (χ0) is 15.5. The van der Waals surface area contributed by atoms with Gasteiger partial charge in [-0.2, -0.15) is 0 Å². The molecule has 2 fully saturated rings. The van der Waals surface area contributed by atoms with Gasteiger partial charge in [-0.1, -0.05) is 27.7 Å². The number of nitrogens with one attached hydrogen (secondary N) is 1. The molecule has 2 N–H and O–H groups in total. The maximum atomic E-state index is 9.93. The highest BCUT2D eigenvalue weighted by Crippen LogP contribution is 2.38. The SMILES string of the molecule is CCCNC1(CO)CCCC(N2CCC(C(C)(C)C)C2)C1. The largest absolute Gasteiger partial charge is 0.394 e. The van der Waals surface area contributed by atoms with Crippen LogP contribution in [-0.4, -0.2) is 47.8 Å². The fourth-order valence-electron chi connectivity index (χ4n) is 4.22. The molecule has 1 saturated heterocycles. The third-order valence-electron chi connectivity index (χ3n) is 5.83. The first-order valence-corrected chi connectivity index (χ1v) is 9.00. The van der Waals surface area contributed by atoms with Crippen LogP contribution in [0.3, 0.4) is 0 Å². The van der Waals surface area contributed by atoms with E-state index in [9.17, 15) is 5.11 Å². The number of aliphatic hydroxyl groups is 1. The van der Waals surface area contributed by atoms with Crippen LogP contribution in [0.2, 0.25) is 0 Å². The summed E-state index contributed by atoms with van der Waals surface area (Å²) >= 11 is 0. The molecule has 3 heteroatoms. The predicted molar refractivity (Wildman–Crippen MR) is 89.5 cm³/mol. The van der Waals surface area contributed by atoms with Crippen molar-refractivity contribution in [3.63, 3.8) is 0 Å². The Morgan fingerprint density at radius 3 is 2.62 bits per heavy atom. The van der Waals surface area contributed by atoms with Crippen molar-refractivity contribution < 1.29 is 5.11 Å². The number of nitrogens with zero attached hydrogens (tertiary/aromatic N) is 1. The quantitative estimate of drug-likeness (QED) is 0.818. The Labute approximate surface area is 131 Å². The number of aliphatic hydroxyl groups excluding tert-OH is 1. The van der Waals surface area contributed by atoms with E-state index < -0.39 is 0 Å². The summed E-state index contributed by atoms with van der Waals surface area (Å²) in [6.07, 6.45) is 7.30. The first-order valence-electron chi connectivity index (χ1n) is 9.00. The van der Waals surface area contributed by atoms with Gasteiger partial charge in [-0.3, -0.25) is 0 Å². The molecule has 2 rings (SSSR count). The van der Waals surface area contributed by atoms with Crippen molar-refractivity contribution in [2.24, 2.45) is 11.3 Å². The van der Waals surface area contributed by atoms with Crippen molar-refractivity contribution in [3.8, 4) is 0 Å². The third kappa shape index (κ3) is 4.20. The topological polar surface area (TPSA) is 35.5 Å². The van der Waals surface area contributed by atoms with E-state index in [4.69, 9.17) is 0 Å². The molecule has 0 radical (unpaired) electrons. The van der Waals surface area contributed by atoms with Gasteiger partial charge in [0.25, 0.3) is 0 Å². The molecular formula is C18H36N2O. The second kappa shape index (κ2) is 6.97. The van der Waals surface area contributed by atoms with Crippen LogP contribution in [0.5, 0.6) is 0 Å². The number of rotatable bonds is 5. The van der Waals surface area contributed by atoms with Gasteiger partial charge in [0.15, 0.2) is 0 Å². The van der Waals surface area contributed by atoms with Crippen molar-refractivity contribution >= 4 is 0 Å². The predicted octanol–water partition coefficient (Wildman–Crippen LogP) is 3.03. The van der Waals surface area contributed by atoms with Crippen LogP contribution in [0.1, 0.15) is 66.2 Å². The fourth-order valence-corrected chi connectivity index (χ4v) is 4.22. The van der Waals surface area contributed by atoms with Gasteiger partial charge < -0.3 is 15.3 Å². The van der Waals surface area contributed by atoms with E-state index in [1.54, 1.807) is 0 Å². The summed E-state index contributed by atoms with van der Waals surface area (Å²) in [5, 5.41) is 13.6. The number of hydrogen-bond donors (Lipinski definition) is 2. The molecule has 0 aromatic heterocycles. The maximum Gasteiger partial charge on any atom is 0.0613 e. The summed E-state index contributed by atoms with van der Waals surface area (Å²) in [4.78, 5) is 2.72. The lowest BCUT2D eigenvalue weighted by Gasteiger charge is -2.44. The summed E-state index contributed by atoms with van der Waals surface area (Å²) < 4.78 is 0. The van der Waals surface area contributed by atoms with Crippen LogP contribution in [0, 0.1) is 11.3 Å². The molecule has 124 valence electrons. The zero-order valence-electron chi connectivity index (χ0n) is 14.6. The van der Waals surface area contributed by atoms with E-state index in [0.29, 0.717) is 18.1 Å². The molecule has 1 heterocycles. The minimum Gasteiger partial charge on any atom is -0.394 e. The van der Waals surface area contributed by atoms with Crippen LogP contribution < -0.4 is 5.32 Å². The lowest BCUT2D eigenvalue weighted by Crippen LogP contribution is -2.55. The summed E-state index contributed by atoms with van der Waals surface area (Å²) in [7, 11) is 0. The standard InChI is InChI=1S/C18H36N2O/c1-5-10-19-18(14-21)9-6-7-16(12-18)20-11-8-15(13-20)17(2,3)4/h15-16,19,21H,5-14H2,1-4H3. The van der Waals surface area contributed by atoms with Gasteiger partial charge in [0.2, 0.25) is 0 Å². The van der Waals surface area contributed by atoms with Crippen LogP contribution in [0.4, 0.5) is 0 Å². The molecular weight excluding hydrogens is 260 g/mol. The third-order valence-corrected chi connectivity index (χ3v) is 5.83. The van der Waals surface area contributed by atoms with Gasteiger partial charge in [-0.15, -0.1) is 0 Å². The van der Waals surface area contributed by atoms with Crippen molar-refractivity contribution in [1.29, 1.82) is 0 Å². The average molecular weight is 296 g/mol. The summed E-state index contributed by atoms with van der Waals surface area (Å²) in [6, 6.07) is 0.669. The monoisotopic (exact) mass is 296 g/mol. The Balaban J connectivity index is 1.95. The minimum absolute atomic E-state index is 0.0151. The van der Waals surface area contributed by atoms with Crippen molar-refractivity contribution in [1.82, 2.24) is 10.2 Å². The fraction of sp³-hybridized carbons (Fsp3) is 1.00. The lowest BCUT2D eigenvalue weighted by atomic mass is 9.78. The van der Waals surface area contributed by atoms with E-state index in [-0.39, 0.29) is 5.54 Å². The average Bonchev–Trinajstić information content (AvgIpc) is 2.95. The Hall–Kier alpha value is -0.120. The van der Waals surface area contributed by atoms with Crippen LogP contribution in [0.15, 0.2) is 0 Å². The van der Waals surface area contributed by atoms with Crippen LogP contribution >= 0.6 is 0 Å². The summed E-state index contributed by atoms with van der Waals surface area (Å²) in [5.74, 6) is 0.826. The van der Waals surface area contributed by atoms with E-state index in [1.807, 2.05) is 0 Å². The molecule has 0 aromatic carbocycles. The second-order valence-corrected chi connectivity index (χ2v) is 8.46. The van der Waals surface area contributed by atoms with Gasteiger partial charge >= 0.3 is 0 Å². The maximum absolute atomic E-state index is 9.93. The molecule has 1 aliphatic carbocycles. The molecule has 3 atom stereocenters. The highest BCUT2D eigenvalue weighted by molar-refractivity contribution is 4.98. The lowest BCUT2D eigenvalue weighted by molar-refractivity contribution is 0.0648. The number of likely N-dealkylation sites (tertiary alicyclic amines) is 1. The van der Waals surface area contributed by atoms with E-state index in [2.05, 4.69) is 37.9 Å². The minimum atomic E-state index is -0.0151. The first kappa shape index (κ1) is 17.2. The van der Waals surface area contributed by atoms with Gasteiger partial charge in [0, 0.05) is 18.1 Å². The Kier molecular flexibility index (Phi) is 5.72. The van der Waals surface area contributed by atoms with Gasteiger partial charge in [0.1, 0.15) is 0 Å². The molecule has 3 nitrogen and oxygen atoms in total. The molecule has 1 aliphatic heterocycles. The van der Waals surface area contributed by atoms with Crippen LogP contribution in [-0.2, 0) is 0 Å². The van der Waals surface area contributed by atoms with Crippen LogP contribution in [0.25, 0.3) is 0 Å².